The van der Waals surface area contributed by atoms with E-state index < -0.39 is 11.0 Å². The number of fused-ring (bicyclic) bond motifs is 1. The van der Waals surface area contributed by atoms with E-state index in [0.29, 0.717) is 25.3 Å². The van der Waals surface area contributed by atoms with Crippen LogP contribution < -0.4 is 5.32 Å². The van der Waals surface area contributed by atoms with Crippen LogP contribution in [0.2, 0.25) is 0 Å². The minimum absolute atomic E-state index is 0.00144. The smallest absolute Gasteiger partial charge is 0.284 e. The molecule has 0 aromatic carbocycles. The van der Waals surface area contributed by atoms with E-state index in [-0.39, 0.29) is 11.9 Å². The molecule has 0 unspecified atom stereocenters. The van der Waals surface area contributed by atoms with E-state index >= 15 is 0 Å². The Morgan fingerprint density at radius 2 is 2.17 bits per heavy atom. The number of carbonyl (C=O) groups is 1. The lowest BCUT2D eigenvalue weighted by Gasteiger charge is -2.51. The Labute approximate surface area is 136 Å². The number of aryl methyl sites for hydroxylation is 1. The summed E-state index contributed by atoms with van der Waals surface area (Å²) >= 11 is 0. The first-order valence-electron chi connectivity index (χ1n) is 8.04. The largest absolute Gasteiger partial charge is 0.460 e. The lowest BCUT2D eigenvalue weighted by atomic mass is 9.72. The summed E-state index contributed by atoms with van der Waals surface area (Å²) in [5.41, 5.74) is 1.40. The molecule has 1 fully saturated rings. The third kappa shape index (κ3) is 2.90. The summed E-state index contributed by atoms with van der Waals surface area (Å²) in [6.07, 6.45) is 3.42. The Balaban J connectivity index is 1.73. The second-order valence-electron chi connectivity index (χ2n) is 7.49. The molecular weight excluding hydrogens is 292 g/mol. The Kier molecular flexibility index (Phi) is 3.58. The molecule has 0 aliphatic carbocycles. The van der Waals surface area contributed by atoms with Crippen LogP contribution in [0.15, 0.2) is 12.3 Å². The Morgan fingerprint density at radius 3 is 2.78 bits per heavy atom. The molecule has 124 valence electrons. The highest BCUT2D eigenvalue weighted by atomic mass is 16.5. The van der Waals surface area contributed by atoms with Crippen LogP contribution >= 0.6 is 0 Å². The van der Waals surface area contributed by atoms with Gasteiger partial charge in [-0.1, -0.05) is 13.0 Å². The number of nitrogens with one attached hydrogen (secondary N) is 2. The van der Waals surface area contributed by atoms with Crippen LogP contribution in [0.3, 0.4) is 0 Å². The molecule has 2 N–H and O–H groups in total. The van der Waals surface area contributed by atoms with Crippen LogP contribution in [0, 0.1) is 10.8 Å². The van der Waals surface area contributed by atoms with Crippen molar-refractivity contribution >= 4 is 17.7 Å². The van der Waals surface area contributed by atoms with E-state index in [1.54, 1.807) is 0 Å². The number of amidine groups is 1. The number of rotatable bonds is 1. The minimum atomic E-state index is -0.464. The van der Waals surface area contributed by atoms with Crippen LogP contribution in [-0.2, 0) is 22.4 Å². The maximum absolute atomic E-state index is 12.5. The first-order valence-corrected chi connectivity index (χ1v) is 8.04. The molecule has 23 heavy (non-hydrogen) atoms. The molecular formula is C17H24N4O2. The Hall–Kier alpha value is -2.11. The highest BCUT2D eigenvalue weighted by molar-refractivity contribution is 5.99. The molecule has 3 heterocycles. The van der Waals surface area contributed by atoms with Gasteiger partial charge < -0.3 is 15.0 Å². The molecule has 1 aromatic heterocycles. The predicted octanol–water partition coefficient (Wildman–Crippen LogP) is 2.19. The lowest BCUT2D eigenvalue weighted by Crippen LogP contribution is -2.66. The maximum atomic E-state index is 12.5. The van der Waals surface area contributed by atoms with E-state index in [4.69, 9.17) is 10.1 Å². The summed E-state index contributed by atoms with van der Waals surface area (Å²) in [6.45, 7) is 8.87. The molecule has 6 heteroatoms. The normalized spacial score (nSPS) is 19.0. The van der Waals surface area contributed by atoms with Gasteiger partial charge in [0.05, 0.1) is 5.41 Å². The molecule has 0 atom stereocenters. The number of nitrogens with zero attached hydrogens (tertiary/aromatic N) is 2. The minimum Gasteiger partial charge on any atom is -0.460 e. The van der Waals surface area contributed by atoms with Crippen LogP contribution in [0.4, 0.5) is 5.82 Å². The summed E-state index contributed by atoms with van der Waals surface area (Å²) in [5.74, 6) is 0.679. The van der Waals surface area contributed by atoms with E-state index in [0.717, 1.165) is 12.0 Å². The number of likely N-dealkylation sites (tertiary alicyclic amines) is 1. The van der Waals surface area contributed by atoms with Gasteiger partial charge >= 0.3 is 0 Å². The van der Waals surface area contributed by atoms with Crippen molar-refractivity contribution in [1.82, 2.24) is 9.88 Å². The van der Waals surface area contributed by atoms with Crippen molar-refractivity contribution < 1.29 is 9.53 Å². The van der Waals surface area contributed by atoms with Gasteiger partial charge in [0.15, 0.2) is 0 Å². The van der Waals surface area contributed by atoms with Crippen molar-refractivity contribution in [3.05, 3.63) is 23.4 Å². The van der Waals surface area contributed by atoms with Gasteiger partial charge in [0.1, 0.15) is 11.4 Å². The molecule has 0 saturated carbocycles. The number of carbonyl (C=O) groups excluding carboxylic acids is 1. The fourth-order valence-corrected chi connectivity index (χ4v) is 3.12. The van der Waals surface area contributed by atoms with E-state index in [1.165, 1.54) is 5.56 Å². The average molecular weight is 316 g/mol. The monoisotopic (exact) mass is 316 g/mol. The lowest BCUT2D eigenvalue weighted by molar-refractivity contribution is -0.134. The summed E-state index contributed by atoms with van der Waals surface area (Å²) in [7, 11) is 0. The summed E-state index contributed by atoms with van der Waals surface area (Å²) < 4.78 is 5.58. The summed E-state index contributed by atoms with van der Waals surface area (Å²) in [4.78, 5) is 18.6. The number of pyridine rings is 1. The first-order chi connectivity index (χ1) is 10.7. The van der Waals surface area contributed by atoms with Gasteiger partial charge in [0.2, 0.25) is 5.91 Å². The Morgan fingerprint density at radius 1 is 1.48 bits per heavy atom. The highest BCUT2D eigenvalue weighted by Crippen LogP contribution is 2.40. The zero-order valence-corrected chi connectivity index (χ0v) is 14.2. The van der Waals surface area contributed by atoms with Crippen molar-refractivity contribution in [2.45, 2.75) is 46.1 Å². The van der Waals surface area contributed by atoms with Crippen molar-refractivity contribution in [2.75, 3.05) is 18.4 Å². The van der Waals surface area contributed by atoms with Crippen LogP contribution in [0.25, 0.3) is 0 Å². The van der Waals surface area contributed by atoms with Gasteiger partial charge in [0.25, 0.3) is 6.02 Å². The third-order valence-electron chi connectivity index (χ3n) is 4.35. The SMILES string of the molecule is CCc1cnc2c(c1)CC1(CN(C(=N)OC(C)(C)C)C1)C(=O)N2. The fraction of sp³-hybridized carbons (Fsp3) is 0.588. The van der Waals surface area contributed by atoms with Crippen LogP contribution in [-0.4, -0.2) is 40.5 Å². The number of hydrogen-bond acceptors (Lipinski definition) is 4. The molecule has 1 aromatic rings. The van der Waals surface area contributed by atoms with Crippen molar-refractivity contribution in [3.63, 3.8) is 0 Å². The van der Waals surface area contributed by atoms with Gasteiger partial charge in [-0.15, -0.1) is 0 Å². The molecule has 2 aliphatic rings. The summed E-state index contributed by atoms with van der Waals surface area (Å²) in [5, 5.41) is 11.0. The zero-order valence-electron chi connectivity index (χ0n) is 14.2. The topological polar surface area (TPSA) is 78.3 Å². The van der Waals surface area contributed by atoms with Gasteiger partial charge in [0, 0.05) is 19.3 Å². The molecule has 1 saturated heterocycles. The third-order valence-corrected chi connectivity index (χ3v) is 4.35. The van der Waals surface area contributed by atoms with Gasteiger partial charge in [-0.25, -0.2) is 4.98 Å². The van der Waals surface area contributed by atoms with Crippen molar-refractivity contribution in [2.24, 2.45) is 5.41 Å². The number of amides is 1. The van der Waals surface area contributed by atoms with E-state index in [1.807, 2.05) is 31.9 Å². The average Bonchev–Trinajstić information content (AvgIpc) is 2.41. The number of hydrogen-bond donors (Lipinski definition) is 2. The molecule has 6 nitrogen and oxygen atoms in total. The quantitative estimate of drug-likeness (QED) is 0.615. The van der Waals surface area contributed by atoms with E-state index in [2.05, 4.69) is 23.3 Å². The number of ether oxygens (including phenoxy) is 1. The second-order valence-corrected chi connectivity index (χ2v) is 7.49. The molecule has 2 aliphatic heterocycles. The molecule has 1 amide bonds. The maximum Gasteiger partial charge on any atom is 0.284 e. The predicted molar refractivity (Wildman–Crippen MR) is 88.5 cm³/mol. The zero-order chi connectivity index (χ0) is 16.8. The number of aromatic nitrogens is 1. The van der Waals surface area contributed by atoms with Crippen molar-refractivity contribution in [3.8, 4) is 0 Å². The Bertz CT molecular complexity index is 657. The van der Waals surface area contributed by atoms with E-state index in [9.17, 15) is 4.79 Å². The molecule has 0 bridgehead atoms. The fourth-order valence-electron chi connectivity index (χ4n) is 3.12. The van der Waals surface area contributed by atoms with Gasteiger partial charge in [-0.05, 0) is 44.7 Å². The van der Waals surface area contributed by atoms with Crippen LogP contribution in [0.5, 0.6) is 0 Å². The highest BCUT2D eigenvalue weighted by Gasteiger charge is 2.53. The van der Waals surface area contributed by atoms with Gasteiger partial charge in [-0.3, -0.25) is 10.2 Å². The van der Waals surface area contributed by atoms with Gasteiger partial charge in [-0.2, -0.15) is 0 Å². The first kappa shape index (κ1) is 15.8. The molecule has 0 radical (unpaired) electrons. The molecule has 1 spiro atoms. The van der Waals surface area contributed by atoms with Crippen LogP contribution in [0.1, 0.15) is 38.8 Å². The summed E-state index contributed by atoms with van der Waals surface area (Å²) in [6, 6.07) is 2.27. The number of anilines is 1. The standard InChI is InChI=1S/C17H24N4O2/c1-5-11-6-12-7-17(14(22)20-13(12)19-8-11)9-21(10-17)15(18)23-16(2,3)4/h6,8,18H,5,7,9-10H2,1-4H3,(H,19,20,22). The van der Waals surface area contributed by atoms with Crippen molar-refractivity contribution in [1.29, 1.82) is 5.41 Å². The second kappa shape index (κ2) is 5.22. The molecule has 3 rings (SSSR count).